The van der Waals surface area contributed by atoms with Gasteiger partial charge in [0.1, 0.15) is 5.82 Å². The average Bonchev–Trinajstić information content (AvgIpc) is 2.89. The highest BCUT2D eigenvalue weighted by molar-refractivity contribution is 5.94. The van der Waals surface area contributed by atoms with Crippen LogP contribution in [0.15, 0.2) is 30.5 Å². The van der Waals surface area contributed by atoms with Crippen molar-refractivity contribution in [2.45, 2.75) is 44.8 Å². The molecule has 0 spiro atoms. The van der Waals surface area contributed by atoms with Crippen molar-refractivity contribution in [2.75, 3.05) is 5.32 Å². The fraction of sp³-hybridized carbons (Fsp3) is 0.412. The van der Waals surface area contributed by atoms with E-state index in [1.807, 2.05) is 20.8 Å². The van der Waals surface area contributed by atoms with Crippen LogP contribution in [0.2, 0.25) is 0 Å². The molecule has 1 aliphatic rings. The van der Waals surface area contributed by atoms with Crippen LogP contribution in [-0.2, 0) is 16.5 Å². The largest absolute Gasteiger partial charge is 0.416 e. The van der Waals surface area contributed by atoms with Gasteiger partial charge in [-0.1, -0.05) is 18.2 Å². The second-order valence-corrected chi connectivity index (χ2v) is 6.92. The summed E-state index contributed by atoms with van der Waals surface area (Å²) in [5.41, 5.74) is -0.387. The van der Waals surface area contributed by atoms with Crippen molar-refractivity contribution >= 4 is 11.7 Å². The van der Waals surface area contributed by atoms with Gasteiger partial charge < -0.3 is 5.32 Å². The Hall–Kier alpha value is -2.31. The zero-order valence-electron chi connectivity index (χ0n) is 13.6. The van der Waals surface area contributed by atoms with Crippen molar-refractivity contribution in [3.05, 3.63) is 47.2 Å². The van der Waals surface area contributed by atoms with E-state index in [9.17, 15) is 18.0 Å². The number of carbonyl (C=O) groups is 1. The third kappa shape index (κ3) is 2.79. The van der Waals surface area contributed by atoms with Crippen molar-refractivity contribution < 1.29 is 18.0 Å². The topological polar surface area (TPSA) is 46.9 Å². The van der Waals surface area contributed by atoms with Gasteiger partial charge in [0.05, 0.1) is 17.3 Å². The van der Waals surface area contributed by atoms with Gasteiger partial charge in [-0.15, -0.1) is 0 Å². The number of rotatable bonds is 1. The monoisotopic (exact) mass is 337 g/mol. The molecule has 0 saturated carbocycles. The molecule has 1 aliphatic heterocycles. The molecular weight excluding hydrogens is 319 g/mol. The maximum Gasteiger partial charge on any atom is 0.416 e. The lowest BCUT2D eigenvalue weighted by atomic mass is 9.84. The minimum Gasteiger partial charge on any atom is -0.311 e. The maximum atomic E-state index is 13.3. The molecule has 1 atom stereocenters. The zero-order valence-corrected chi connectivity index (χ0v) is 13.6. The number of hydrogen-bond donors (Lipinski definition) is 1. The van der Waals surface area contributed by atoms with Crippen LogP contribution in [-0.4, -0.2) is 15.7 Å². The minimum absolute atomic E-state index is 0.0318. The second-order valence-electron chi connectivity index (χ2n) is 6.92. The lowest BCUT2D eigenvalue weighted by Gasteiger charge is -2.29. The van der Waals surface area contributed by atoms with Crippen LogP contribution >= 0.6 is 0 Å². The number of benzene rings is 1. The SMILES string of the molecule is CC(C)(C)n1ncc2c1NC(=O)CC2c1ccccc1C(F)(F)F. The number of hydrogen-bond acceptors (Lipinski definition) is 2. The van der Waals surface area contributed by atoms with E-state index in [1.165, 1.54) is 12.1 Å². The third-order valence-electron chi connectivity index (χ3n) is 4.10. The number of carbonyl (C=O) groups excluding carboxylic acids is 1. The number of anilines is 1. The van der Waals surface area contributed by atoms with E-state index in [0.29, 0.717) is 11.4 Å². The van der Waals surface area contributed by atoms with E-state index in [4.69, 9.17) is 0 Å². The van der Waals surface area contributed by atoms with E-state index < -0.39 is 23.2 Å². The molecule has 3 rings (SSSR count). The van der Waals surface area contributed by atoms with Crippen LogP contribution in [0, 0.1) is 0 Å². The highest BCUT2D eigenvalue weighted by Gasteiger charge is 2.39. The van der Waals surface area contributed by atoms with Gasteiger partial charge in [0.15, 0.2) is 0 Å². The van der Waals surface area contributed by atoms with Crippen molar-refractivity contribution in [3.8, 4) is 0 Å². The molecule has 1 aromatic heterocycles. The van der Waals surface area contributed by atoms with Gasteiger partial charge in [0.25, 0.3) is 0 Å². The van der Waals surface area contributed by atoms with Crippen LogP contribution < -0.4 is 5.32 Å². The first kappa shape index (κ1) is 16.5. The number of nitrogens with one attached hydrogen (secondary N) is 1. The Morgan fingerprint density at radius 1 is 1.17 bits per heavy atom. The van der Waals surface area contributed by atoms with Crippen LogP contribution in [0.3, 0.4) is 0 Å². The van der Waals surface area contributed by atoms with E-state index in [-0.39, 0.29) is 17.9 Å². The standard InChI is InChI=1S/C17H18F3N3O/c1-16(2,3)23-15-12(9-21-23)11(8-14(24)22-15)10-6-4-5-7-13(10)17(18,19)20/h4-7,9,11H,8H2,1-3H3,(H,22,24). The van der Waals surface area contributed by atoms with Gasteiger partial charge in [-0.3, -0.25) is 4.79 Å². The zero-order chi connectivity index (χ0) is 17.7. The Bertz CT molecular complexity index is 787. The lowest BCUT2D eigenvalue weighted by molar-refractivity contribution is -0.138. The number of fused-ring (bicyclic) bond motifs is 1. The summed E-state index contributed by atoms with van der Waals surface area (Å²) in [4.78, 5) is 12.1. The van der Waals surface area contributed by atoms with Crippen molar-refractivity contribution in [2.24, 2.45) is 0 Å². The smallest absolute Gasteiger partial charge is 0.311 e. The second kappa shape index (κ2) is 5.36. The summed E-state index contributed by atoms with van der Waals surface area (Å²) >= 11 is 0. The van der Waals surface area contributed by atoms with Crippen molar-refractivity contribution in [3.63, 3.8) is 0 Å². The van der Waals surface area contributed by atoms with Gasteiger partial charge in [-0.2, -0.15) is 18.3 Å². The first-order chi connectivity index (χ1) is 11.1. The summed E-state index contributed by atoms with van der Waals surface area (Å²) in [6, 6.07) is 5.40. The Morgan fingerprint density at radius 2 is 1.83 bits per heavy atom. The van der Waals surface area contributed by atoms with Gasteiger partial charge in [0, 0.05) is 17.9 Å². The molecule has 128 valence electrons. The number of amides is 1. The Balaban J connectivity index is 2.17. The van der Waals surface area contributed by atoms with E-state index in [1.54, 1.807) is 16.9 Å². The highest BCUT2D eigenvalue weighted by Crippen LogP contribution is 2.43. The average molecular weight is 337 g/mol. The molecule has 1 unspecified atom stereocenters. The first-order valence-corrected chi connectivity index (χ1v) is 7.63. The Kier molecular flexibility index (Phi) is 3.69. The summed E-state index contributed by atoms with van der Waals surface area (Å²) in [5, 5.41) is 7.05. The first-order valence-electron chi connectivity index (χ1n) is 7.63. The van der Waals surface area contributed by atoms with Gasteiger partial charge >= 0.3 is 6.18 Å². The van der Waals surface area contributed by atoms with Crippen LogP contribution in [0.5, 0.6) is 0 Å². The predicted octanol–water partition coefficient (Wildman–Crippen LogP) is 4.13. The lowest BCUT2D eigenvalue weighted by Crippen LogP contribution is -2.30. The fourth-order valence-corrected chi connectivity index (χ4v) is 3.06. The molecular formula is C17H18F3N3O. The maximum absolute atomic E-state index is 13.3. The normalized spacial score (nSPS) is 18.2. The van der Waals surface area contributed by atoms with Gasteiger partial charge in [-0.25, -0.2) is 4.68 Å². The summed E-state index contributed by atoms with van der Waals surface area (Å²) in [6.07, 6.45) is -2.95. The molecule has 4 nitrogen and oxygen atoms in total. The predicted molar refractivity (Wildman–Crippen MR) is 83.8 cm³/mol. The molecule has 7 heteroatoms. The quantitative estimate of drug-likeness (QED) is 0.850. The van der Waals surface area contributed by atoms with Crippen molar-refractivity contribution in [1.29, 1.82) is 0 Å². The molecule has 0 saturated heterocycles. The molecule has 1 aromatic carbocycles. The third-order valence-corrected chi connectivity index (χ3v) is 4.10. The number of halogens is 3. The highest BCUT2D eigenvalue weighted by atomic mass is 19.4. The Labute approximate surface area is 137 Å². The van der Waals surface area contributed by atoms with E-state index in [2.05, 4.69) is 10.4 Å². The number of nitrogens with zero attached hydrogens (tertiary/aromatic N) is 2. The Morgan fingerprint density at radius 3 is 2.46 bits per heavy atom. The van der Waals surface area contributed by atoms with Crippen molar-refractivity contribution in [1.82, 2.24) is 9.78 Å². The molecule has 1 amide bonds. The van der Waals surface area contributed by atoms with Crippen LogP contribution in [0.1, 0.15) is 49.8 Å². The van der Waals surface area contributed by atoms with E-state index >= 15 is 0 Å². The number of alkyl halides is 3. The van der Waals surface area contributed by atoms with Gasteiger partial charge in [-0.05, 0) is 32.4 Å². The number of aromatic nitrogens is 2. The van der Waals surface area contributed by atoms with Gasteiger partial charge in [0.2, 0.25) is 5.91 Å². The molecule has 0 radical (unpaired) electrons. The molecule has 1 N–H and O–H groups in total. The summed E-state index contributed by atoms with van der Waals surface area (Å²) in [6.45, 7) is 5.75. The van der Waals surface area contributed by atoms with E-state index in [0.717, 1.165) is 6.07 Å². The molecule has 0 bridgehead atoms. The molecule has 2 heterocycles. The minimum atomic E-state index is -4.47. The van der Waals surface area contributed by atoms with Crippen LogP contribution in [0.4, 0.5) is 19.0 Å². The molecule has 24 heavy (non-hydrogen) atoms. The summed E-state index contributed by atoms with van der Waals surface area (Å²) in [5.74, 6) is -0.501. The van der Waals surface area contributed by atoms with Crippen LogP contribution in [0.25, 0.3) is 0 Å². The molecule has 0 aliphatic carbocycles. The molecule has 0 fully saturated rings. The summed E-state index contributed by atoms with van der Waals surface area (Å²) < 4.78 is 41.7. The summed E-state index contributed by atoms with van der Waals surface area (Å²) in [7, 11) is 0. The molecule has 2 aromatic rings. The fourth-order valence-electron chi connectivity index (χ4n) is 3.06.